The van der Waals surface area contributed by atoms with Crippen molar-refractivity contribution >= 4 is 17.2 Å². The summed E-state index contributed by atoms with van der Waals surface area (Å²) < 4.78 is 2.07. The highest BCUT2D eigenvalue weighted by atomic mass is 32.1. The zero-order valence-electron chi connectivity index (χ0n) is 8.36. The highest BCUT2D eigenvalue weighted by Gasteiger charge is 2.23. The molecule has 0 amide bonds. The summed E-state index contributed by atoms with van der Waals surface area (Å²) in [5.74, 6) is 0.381. The van der Waals surface area contributed by atoms with E-state index in [2.05, 4.69) is 16.7 Å². The molecule has 2 N–H and O–H groups in total. The molecular formula is C10H15N3S. The van der Waals surface area contributed by atoms with Gasteiger partial charge in [-0.3, -0.25) is 4.68 Å². The molecule has 4 heteroatoms. The first kappa shape index (κ1) is 9.65. The molecule has 1 aliphatic rings. The van der Waals surface area contributed by atoms with Crippen LogP contribution in [0, 0.1) is 5.92 Å². The second-order valence-corrected chi connectivity index (χ2v) is 4.25. The maximum atomic E-state index is 5.67. The van der Waals surface area contributed by atoms with Gasteiger partial charge >= 0.3 is 0 Å². The molecule has 1 aromatic rings. The molecule has 0 unspecified atom stereocenters. The first-order chi connectivity index (χ1) is 6.72. The number of rotatable bonds is 2. The van der Waals surface area contributed by atoms with Crippen molar-refractivity contribution in [2.24, 2.45) is 11.7 Å². The molecule has 0 spiro atoms. The predicted molar refractivity (Wildman–Crippen MR) is 60.2 cm³/mol. The molecule has 1 aliphatic carbocycles. The second kappa shape index (κ2) is 3.69. The van der Waals surface area contributed by atoms with Crippen LogP contribution in [0.1, 0.15) is 24.6 Å². The smallest absolute Gasteiger partial charge is 0.0762 e. The van der Waals surface area contributed by atoms with E-state index in [-0.39, 0.29) is 0 Å². The predicted octanol–water partition coefficient (Wildman–Crippen LogP) is 1.29. The van der Waals surface area contributed by atoms with Crippen LogP contribution >= 0.6 is 12.2 Å². The van der Waals surface area contributed by atoms with Gasteiger partial charge in [0.1, 0.15) is 0 Å². The van der Waals surface area contributed by atoms with E-state index in [0.717, 1.165) is 25.8 Å². The largest absolute Gasteiger partial charge is 0.393 e. The summed E-state index contributed by atoms with van der Waals surface area (Å²) in [6.07, 6.45) is 5.08. The van der Waals surface area contributed by atoms with Gasteiger partial charge in [-0.1, -0.05) is 12.2 Å². The molecule has 0 saturated carbocycles. The fourth-order valence-electron chi connectivity index (χ4n) is 2.10. The lowest BCUT2D eigenvalue weighted by molar-refractivity contribution is 0.538. The summed E-state index contributed by atoms with van der Waals surface area (Å²) in [4.78, 5) is 0.653. The second-order valence-electron chi connectivity index (χ2n) is 3.77. The highest BCUT2D eigenvalue weighted by molar-refractivity contribution is 7.80. The number of hydrogen-bond donors (Lipinski definition) is 1. The molecule has 76 valence electrons. The Hall–Kier alpha value is -0.900. The van der Waals surface area contributed by atoms with E-state index in [0.29, 0.717) is 10.9 Å². The van der Waals surface area contributed by atoms with Crippen molar-refractivity contribution < 1.29 is 0 Å². The van der Waals surface area contributed by atoms with Crippen LogP contribution in [0.25, 0.3) is 0 Å². The number of nitrogens with two attached hydrogens (primary N) is 1. The molecule has 14 heavy (non-hydrogen) atoms. The Morgan fingerprint density at radius 3 is 3.21 bits per heavy atom. The minimum atomic E-state index is 0.381. The number of nitrogens with zero attached hydrogens (tertiary/aromatic N) is 2. The molecule has 0 saturated heterocycles. The maximum absolute atomic E-state index is 5.67. The normalized spacial score (nSPS) is 20.5. The van der Waals surface area contributed by atoms with Crippen molar-refractivity contribution in [2.75, 3.05) is 0 Å². The van der Waals surface area contributed by atoms with Crippen LogP contribution in [-0.4, -0.2) is 14.8 Å². The Kier molecular flexibility index (Phi) is 2.54. The van der Waals surface area contributed by atoms with Gasteiger partial charge in [-0.05, 0) is 31.7 Å². The van der Waals surface area contributed by atoms with Crippen molar-refractivity contribution in [2.45, 2.75) is 32.7 Å². The third-order valence-electron chi connectivity index (χ3n) is 2.93. The molecule has 1 aromatic heterocycles. The number of thiocarbonyl (C=S) groups is 1. The SMILES string of the molecule is CCn1ncc2c1CC[C@H](C(N)=S)C2. The van der Waals surface area contributed by atoms with E-state index in [4.69, 9.17) is 18.0 Å². The summed E-state index contributed by atoms with van der Waals surface area (Å²) >= 11 is 5.03. The zero-order chi connectivity index (χ0) is 10.1. The Morgan fingerprint density at radius 1 is 1.79 bits per heavy atom. The third kappa shape index (κ3) is 1.54. The van der Waals surface area contributed by atoms with E-state index in [1.165, 1.54) is 11.3 Å². The molecule has 0 fully saturated rings. The van der Waals surface area contributed by atoms with Crippen molar-refractivity contribution in [1.29, 1.82) is 0 Å². The van der Waals surface area contributed by atoms with Gasteiger partial charge < -0.3 is 5.73 Å². The van der Waals surface area contributed by atoms with Crippen LogP contribution in [0.4, 0.5) is 0 Å². The fraction of sp³-hybridized carbons (Fsp3) is 0.600. The van der Waals surface area contributed by atoms with Crippen LogP contribution in [0.5, 0.6) is 0 Å². The third-order valence-corrected chi connectivity index (χ3v) is 3.27. The van der Waals surface area contributed by atoms with Gasteiger partial charge in [0.25, 0.3) is 0 Å². The Bertz CT molecular complexity index is 356. The van der Waals surface area contributed by atoms with Crippen LogP contribution < -0.4 is 5.73 Å². The molecule has 0 aromatic carbocycles. The molecule has 1 heterocycles. The molecular weight excluding hydrogens is 194 g/mol. The maximum Gasteiger partial charge on any atom is 0.0762 e. The lowest BCUT2D eigenvalue weighted by atomic mass is 9.88. The summed E-state index contributed by atoms with van der Waals surface area (Å²) in [6, 6.07) is 0. The van der Waals surface area contributed by atoms with E-state index in [1.807, 2.05) is 6.20 Å². The molecule has 0 radical (unpaired) electrons. The van der Waals surface area contributed by atoms with Crippen LogP contribution in [-0.2, 0) is 19.4 Å². The van der Waals surface area contributed by atoms with Crippen molar-refractivity contribution in [3.63, 3.8) is 0 Å². The van der Waals surface area contributed by atoms with Crippen LogP contribution in [0.15, 0.2) is 6.20 Å². The summed E-state index contributed by atoms with van der Waals surface area (Å²) in [5, 5.41) is 4.34. The highest BCUT2D eigenvalue weighted by Crippen LogP contribution is 2.25. The van der Waals surface area contributed by atoms with Gasteiger partial charge in [0, 0.05) is 18.2 Å². The Labute approximate surface area is 89.3 Å². The fourth-order valence-corrected chi connectivity index (χ4v) is 2.30. The number of aromatic nitrogens is 2. The summed E-state index contributed by atoms with van der Waals surface area (Å²) in [5.41, 5.74) is 8.37. The van der Waals surface area contributed by atoms with E-state index in [9.17, 15) is 0 Å². The summed E-state index contributed by atoms with van der Waals surface area (Å²) in [6.45, 7) is 3.07. The number of fused-ring (bicyclic) bond motifs is 1. The first-order valence-corrected chi connectivity index (χ1v) is 5.46. The summed E-state index contributed by atoms with van der Waals surface area (Å²) in [7, 11) is 0. The molecule has 3 nitrogen and oxygen atoms in total. The van der Waals surface area contributed by atoms with Crippen molar-refractivity contribution in [3.05, 3.63) is 17.5 Å². The van der Waals surface area contributed by atoms with E-state index >= 15 is 0 Å². The van der Waals surface area contributed by atoms with Crippen LogP contribution in [0.2, 0.25) is 0 Å². The average Bonchev–Trinajstić information content (AvgIpc) is 2.59. The van der Waals surface area contributed by atoms with Crippen molar-refractivity contribution in [1.82, 2.24) is 9.78 Å². The van der Waals surface area contributed by atoms with Crippen molar-refractivity contribution in [3.8, 4) is 0 Å². The van der Waals surface area contributed by atoms with Gasteiger partial charge in [0.15, 0.2) is 0 Å². The lowest BCUT2D eigenvalue weighted by Gasteiger charge is -2.21. The molecule has 1 atom stereocenters. The topological polar surface area (TPSA) is 43.8 Å². The zero-order valence-corrected chi connectivity index (χ0v) is 9.18. The van der Waals surface area contributed by atoms with Gasteiger partial charge in [-0.25, -0.2) is 0 Å². The monoisotopic (exact) mass is 209 g/mol. The lowest BCUT2D eigenvalue weighted by Crippen LogP contribution is -2.27. The van der Waals surface area contributed by atoms with Gasteiger partial charge in [0.05, 0.1) is 11.2 Å². The Balaban J connectivity index is 2.24. The molecule has 0 aliphatic heterocycles. The van der Waals surface area contributed by atoms with Crippen LogP contribution in [0.3, 0.4) is 0 Å². The Morgan fingerprint density at radius 2 is 2.57 bits per heavy atom. The standard InChI is InChI=1S/C10H15N3S/c1-2-13-9-4-3-7(10(11)14)5-8(9)6-12-13/h6-7H,2-5H2,1H3,(H2,11,14)/t7-/m0/s1. The molecule has 0 bridgehead atoms. The first-order valence-electron chi connectivity index (χ1n) is 5.05. The minimum absolute atomic E-state index is 0.381. The van der Waals surface area contributed by atoms with E-state index < -0.39 is 0 Å². The van der Waals surface area contributed by atoms with Gasteiger partial charge in [-0.2, -0.15) is 5.10 Å². The number of hydrogen-bond acceptors (Lipinski definition) is 2. The number of aryl methyl sites for hydroxylation is 1. The van der Waals surface area contributed by atoms with Gasteiger partial charge in [0.2, 0.25) is 0 Å². The van der Waals surface area contributed by atoms with Gasteiger partial charge in [-0.15, -0.1) is 0 Å². The van der Waals surface area contributed by atoms with E-state index in [1.54, 1.807) is 0 Å². The molecule has 2 rings (SSSR count). The quantitative estimate of drug-likeness (QED) is 0.747. The minimum Gasteiger partial charge on any atom is -0.393 e. The average molecular weight is 209 g/mol.